The maximum absolute atomic E-state index is 13.3. The number of aldehydes is 1. The second kappa shape index (κ2) is 5.13. The Kier molecular flexibility index (Phi) is 3.29. The molecule has 0 radical (unpaired) electrons. The number of oxime groups is 1. The number of benzene rings is 1. The largest absolute Gasteiger partial charge is 0.379 e. The number of carbonyl (C=O) groups excluding carboxylic acids is 1. The van der Waals surface area contributed by atoms with Crippen LogP contribution in [0.3, 0.4) is 0 Å². The van der Waals surface area contributed by atoms with Gasteiger partial charge in [0.1, 0.15) is 5.82 Å². The number of halogens is 2. The van der Waals surface area contributed by atoms with Crippen LogP contribution in [0.4, 0.5) is 15.9 Å². The number of rotatable bonds is 3. The Hall–Kier alpha value is -2.49. The Morgan fingerprint density at radius 3 is 2.86 bits per heavy atom. The second-order valence-corrected chi connectivity index (χ2v) is 4.87. The van der Waals surface area contributed by atoms with E-state index in [1.807, 2.05) is 0 Å². The Morgan fingerprint density at radius 2 is 2.24 bits per heavy atom. The highest BCUT2D eigenvalue weighted by atomic mass is 79.9. The third-order valence-corrected chi connectivity index (χ3v) is 3.36. The van der Waals surface area contributed by atoms with Crippen molar-refractivity contribution >= 4 is 39.6 Å². The van der Waals surface area contributed by atoms with Crippen molar-refractivity contribution in [1.82, 2.24) is 10.3 Å². The third-order valence-electron chi connectivity index (χ3n) is 2.75. The van der Waals surface area contributed by atoms with Gasteiger partial charge in [-0.3, -0.25) is 9.69 Å². The van der Waals surface area contributed by atoms with Crippen LogP contribution >= 0.6 is 15.9 Å². The fraction of sp³-hybridized carbons (Fsp3) is 0.0909. The SMILES string of the molecule is Nc1nonc1C1=NOC(C=O)N1c1ccc(F)c(Br)c1. The number of hydrogen-bond donors (Lipinski definition) is 1. The quantitative estimate of drug-likeness (QED) is 0.826. The number of nitrogens with two attached hydrogens (primary N) is 1. The lowest BCUT2D eigenvalue weighted by molar-refractivity contribution is -0.116. The molecule has 1 aromatic carbocycles. The molecule has 21 heavy (non-hydrogen) atoms. The van der Waals surface area contributed by atoms with Crippen LogP contribution < -0.4 is 10.6 Å². The predicted octanol–water partition coefficient (Wildman–Crippen LogP) is 1.28. The first-order chi connectivity index (χ1) is 10.1. The van der Waals surface area contributed by atoms with E-state index in [-0.39, 0.29) is 21.8 Å². The number of carbonyl (C=O) groups is 1. The average Bonchev–Trinajstić information content (AvgIpc) is 3.07. The van der Waals surface area contributed by atoms with Crippen LogP contribution in [0.5, 0.6) is 0 Å². The van der Waals surface area contributed by atoms with E-state index in [1.165, 1.54) is 23.1 Å². The van der Waals surface area contributed by atoms with Crippen molar-refractivity contribution in [2.24, 2.45) is 5.16 Å². The van der Waals surface area contributed by atoms with E-state index in [9.17, 15) is 9.18 Å². The molecule has 0 fully saturated rings. The van der Waals surface area contributed by atoms with Crippen LogP contribution in [-0.4, -0.2) is 28.7 Å². The standard InChI is InChI=1S/C11H7BrFN5O3/c12-6-3-5(1-2-7(6)13)18-8(4-19)20-17-11(18)9-10(14)16-21-15-9/h1-4,8H,(H2,14,16). The molecule has 0 saturated carbocycles. The van der Waals surface area contributed by atoms with Gasteiger partial charge in [0.25, 0.3) is 6.23 Å². The van der Waals surface area contributed by atoms with Gasteiger partial charge in [-0.25, -0.2) is 9.02 Å². The van der Waals surface area contributed by atoms with Crippen molar-refractivity contribution < 1.29 is 18.7 Å². The summed E-state index contributed by atoms with van der Waals surface area (Å²) >= 11 is 3.08. The van der Waals surface area contributed by atoms with Crippen molar-refractivity contribution in [3.8, 4) is 0 Å². The van der Waals surface area contributed by atoms with E-state index in [2.05, 4.69) is 36.0 Å². The zero-order chi connectivity index (χ0) is 15.0. The molecule has 2 aromatic rings. The highest BCUT2D eigenvalue weighted by Gasteiger charge is 2.35. The summed E-state index contributed by atoms with van der Waals surface area (Å²) < 4.78 is 18.1. The Bertz CT molecular complexity index is 734. The molecule has 0 bridgehead atoms. The molecule has 8 nitrogen and oxygen atoms in total. The molecule has 0 spiro atoms. The van der Waals surface area contributed by atoms with E-state index in [0.717, 1.165) is 0 Å². The summed E-state index contributed by atoms with van der Waals surface area (Å²) in [6.45, 7) is 0. The monoisotopic (exact) mass is 355 g/mol. The zero-order valence-corrected chi connectivity index (χ0v) is 11.8. The maximum Gasteiger partial charge on any atom is 0.261 e. The molecule has 10 heteroatoms. The number of nitrogen functional groups attached to an aromatic ring is 1. The van der Waals surface area contributed by atoms with Crippen LogP contribution in [0.2, 0.25) is 0 Å². The van der Waals surface area contributed by atoms with E-state index < -0.39 is 12.0 Å². The van der Waals surface area contributed by atoms with Crippen LogP contribution in [-0.2, 0) is 9.63 Å². The molecule has 1 aromatic heterocycles. The number of amidine groups is 1. The number of anilines is 2. The molecule has 1 aliphatic rings. The van der Waals surface area contributed by atoms with E-state index in [1.54, 1.807) is 0 Å². The first-order valence-corrected chi connectivity index (χ1v) is 6.43. The van der Waals surface area contributed by atoms with Crippen molar-refractivity contribution in [2.45, 2.75) is 6.23 Å². The fourth-order valence-corrected chi connectivity index (χ4v) is 2.18. The highest BCUT2D eigenvalue weighted by molar-refractivity contribution is 9.10. The highest BCUT2D eigenvalue weighted by Crippen LogP contribution is 2.29. The summed E-state index contributed by atoms with van der Waals surface area (Å²) in [4.78, 5) is 17.5. The molecule has 2 heterocycles. The summed E-state index contributed by atoms with van der Waals surface area (Å²) in [5.41, 5.74) is 6.20. The molecule has 1 unspecified atom stereocenters. The van der Waals surface area contributed by atoms with Gasteiger partial charge >= 0.3 is 0 Å². The van der Waals surface area contributed by atoms with Gasteiger partial charge in [-0.15, -0.1) is 0 Å². The smallest absolute Gasteiger partial charge is 0.261 e. The van der Waals surface area contributed by atoms with Crippen LogP contribution in [0.1, 0.15) is 5.69 Å². The van der Waals surface area contributed by atoms with E-state index >= 15 is 0 Å². The Balaban J connectivity index is 2.07. The Labute approximate surface area is 125 Å². The van der Waals surface area contributed by atoms with Gasteiger partial charge in [0.05, 0.1) is 4.47 Å². The first-order valence-electron chi connectivity index (χ1n) is 5.63. The van der Waals surface area contributed by atoms with Crippen LogP contribution in [0.15, 0.2) is 32.5 Å². The fourth-order valence-electron chi connectivity index (χ4n) is 1.81. The van der Waals surface area contributed by atoms with Crippen molar-refractivity contribution in [2.75, 3.05) is 10.6 Å². The molecule has 1 atom stereocenters. The second-order valence-electron chi connectivity index (χ2n) is 4.01. The van der Waals surface area contributed by atoms with Gasteiger partial charge in [0.15, 0.2) is 17.8 Å². The van der Waals surface area contributed by atoms with Gasteiger partial charge in [-0.1, -0.05) is 5.16 Å². The van der Waals surface area contributed by atoms with E-state index in [0.29, 0.717) is 12.0 Å². The lowest BCUT2D eigenvalue weighted by Crippen LogP contribution is -2.38. The molecule has 3 rings (SSSR count). The third kappa shape index (κ3) is 2.23. The number of hydrogen-bond acceptors (Lipinski definition) is 8. The van der Waals surface area contributed by atoms with Crippen molar-refractivity contribution in [3.63, 3.8) is 0 Å². The van der Waals surface area contributed by atoms with Crippen molar-refractivity contribution in [1.29, 1.82) is 0 Å². The van der Waals surface area contributed by atoms with E-state index in [4.69, 9.17) is 10.6 Å². The lowest BCUT2D eigenvalue weighted by Gasteiger charge is -2.21. The summed E-state index contributed by atoms with van der Waals surface area (Å²) in [5, 5.41) is 10.8. The summed E-state index contributed by atoms with van der Waals surface area (Å²) in [6.07, 6.45) is -0.481. The van der Waals surface area contributed by atoms with Crippen LogP contribution in [0.25, 0.3) is 0 Å². The molecule has 1 aliphatic heterocycles. The topological polar surface area (TPSA) is 107 Å². The van der Waals surface area contributed by atoms with Gasteiger partial charge in [-0.05, 0) is 44.4 Å². The average molecular weight is 356 g/mol. The van der Waals surface area contributed by atoms with Gasteiger partial charge in [0.2, 0.25) is 5.84 Å². The normalized spacial score (nSPS) is 17.5. The summed E-state index contributed by atoms with van der Waals surface area (Å²) in [6, 6.07) is 4.17. The minimum atomic E-state index is -1.02. The Morgan fingerprint density at radius 1 is 1.43 bits per heavy atom. The first kappa shape index (κ1) is 13.5. The van der Waals surface area contributed by atoms with Gasteiger partial charge in [0, 0.05) is 5.69 Å². The minimum Gasteiger partial charge on any atom is -0.379 e. The number of aromatic nitrogens is 2. The maximum atomic E-state index is 13.3. The summed E-state index contributed by atoms with van der Waals surface area (Å²) in [7, 11) is 0. The molecule has 2 N–H and O–H groups in total. The minimum absolute atomic E-state index is 0.00456. The van der Waals surface area contributed by atoms with Gasteiger partial charge in [-0.2, -0.15) is 0 Å². The zero-order valence-electron chi connectivity index (χ0n) is 10.2. The molecular weight excluding hydrogens is 349 g/mol. The van der Waals surface area contributed by atoms with Gasteiger partial charge < -0.3 is 10.6 Å². The molecule has 0 saturated heterocycles. The number of nitrogens with zero attached hydrogens (tertiary/aromatic N) is 4. The molecular formula is C11H7BrFN5O3. The molecule has 0 amide bonds. The summed E-state index contributed by atoms with van der Waals surface area (Å²) in [5.74, 6) is -0.304. The van der Waals surface area contributed by atoms with Crippen LogP contribution in [0, 0.1) is 5.82 Å². The molecule has 0 aliphatic carbocycles. The lowest BCUT2D eigenvalue weighted by atomic mass is 10.2. The van der Waals surface area contributed by atoms with Crippen molar-refractivity contribution in [3.05, 3.63) is 34.2 Å². The predicted molar refractivity (Wildman–Crippen MR) is 72.8 cm³/mol. The molecule has 108 valence electrons.